The summed E-state index contributed by atoms with van der Waals surface area (Å²) in [6.45, 7) is 7.79. The van der Waals surface area contributed by atoms with E-state index in [2.05, 4.69) is 38.2 Å². The van der Waals surface area contributed by atoms with E-state index in [1.165, 1.54) is 11.3 Å². The first kappa shape index (κ1) is 14.4. The Labute approximate surface area is 109 Å². The normalized spacial score (nSPS) is 14.4. The van der Waals surface area contributed by atoms with E-state index in [4.69, 9.17) is 4.74 Å². The van der Waals surface area contributed by atoms with Gasteiger partial charge in [-0.25, -0.2) is 0 Å². The van der Waals surface area contributed by atoms with Crippen LogP contribution in [0.25, 0.3) is 0 Å². The molecule has 1 aromatic rings. The summed E-state index contributed by atoms with van der Waals surface area (Å²) in [5, 5.41) is 4.08. The van der Waals surface area contributed by atoms with Crippen LogP contribution in [0.5, 0.6) is 5.75 Å². The zero-order chi connectivity index (χ0) is 12.7. The highest BCUT2D eigenvalue weighted by molar-refractivity contribution is 8.00. The van der Waals surface area contributed by atoms with E-state index in [0.717, 1.165) is 12.3 Å². The monoisotopic (exact) mass is 253 g/mol. The van der Waals surface area contributed by atoms with Crippen molar-refractivity contribution in [2.24, 2.45) is 0 Å². The van der Waals surface area contributed by atoms with Gasteiger partial charge in [-0.3, -0.25) is 0 Å². The zero-order valence-corrected chi connectivity index (χ0v) is 12.0. The summed E-state index contributed by atoms with van der Waals surface area (Å²) in [5.41, 5.74) is 0. The van der Waals surface area contributed by atoms with Crippen LogP contribution in [0.15, 0.2) is 29.2 Å². The summed E-state index contributed by atoms with van der Waals surface area (Å²) in [4.78, 5) is 1.27. The Hall–Kier alpha value is -0.670. The topological polar surface area (TPSA) is 21.3 Å². The largest absolute Gasteiger partial charge is 0.497 e. The molecule has 2 unspecified atom stereocenters. The number of methoxy groups -OCH3 is 1. The second kappa shape index (κ2) is 7.62. The minimum atomic E-state index is 0.520. The van der Waals surface area contributed by atoms with Gasteiger partial charge in [-0.1, -0.05) is 19.9 Å². The fraction of sp³-hybridized carbons (Fsp3) is 0.571. The van der Waals surface area contributed by atoms with Gasteiger partial charge in [0, 0.05) is 16.2 Å². The van der Waals surface area contributed by atoms with Crippen LogP contribution in [0.4, 0.5) is 0 Å². The zero-order valence-electron chi connectivity index (χ0n) is 11.2. The van der Waals surface area contributed by atoms with Crippen LogP contribution in [0.1, 0.15) is 27.2 Å². The quantitative estimate of drug-likeness (QED) is 0.751. The van der Waals surface area contributed by atoms with Crippen LogP contribution in [-0.4, -0.2) is 24.9 Å². The van der Waals surface area contributed by atoms with Gasteiger partial charge >= 0.3 is 0 Å². The fourth-order valence-corrected chi connectivity index (χ4v) is 2.60. The van der Waals surface area contributed by atoms with Crippen LogP contribution in [-0.2, 0) is 0 Å². The summed E-state index contributed by atoms with van der Waals surface area (Å²) < 4.78 is 5.23. The standard InChI is InChI=1S/C14H23NOS/c1-5-9-15-11(2)12(3)17-14-8-6-7-13(10-14)16-4/h6-8,10-12,15H,5,9H2,1-4H3. The maximum absolute atomic E-state index is 5.23. The Morgan fingerprint density at radius 3 is 2.76 bits per heavy atom. The molecule has 3 heteroatoms. The molecule has 2 nitrogen and oxygen atoms in total. The van der Waals surface area contributed by atoms with Crippen molar-refractivity contribution >= 4 is 11.8 Å². The summed E-state index contributed by atoms with van der Waals surface area (Å²) in [6, 6.07) is 8.77. The number of hydrogen-bond acceptors (Lipinski definition) is 3. The lowest BCUT2D eigenvalue weighted by Crippen LogP contribution is -2.34. The second-order valence-corrected chi connectivity index (χ2v) is 5.70. The Balaban J connectivity index is 2.51. The number of benzene rings is 1. The summed E-state index contributed by atoms with van der Waals surface area (Å²) in [5.74, 6) is 0.927. The molecule has 0 bridgehead atoms. The summed E-state index contributed by atoms with van der Waals surface area (Å²) in [7, 11) is 1.71. The van der Waals surface area contributed by atoms with Gasteiger partial charge in [0.25, 0.3) is 0 Å². The van der Waals surface area contributed by atoms with Crippen LogP contribution in [0.2, 0.25) is 0 Å². The Bertz CT molecular complexity index is 330. The highest BCUT2D eigenvalue weighted by Crippen LogP contribution is 2.27. The van der Waals surface area contributed by atoms with E-state index in [-0.39, 0.29) is 0 Å². The third-order valence-electron chi connectivity index (χ3n) is 2.78. The van der Waals surface area contributed by atoms with Gasteiger partial charge in [0.1, 0.15) is 5.75 Å². The van der Waals surface area contributed by atoms with Crippen molar-refractivity contribution in [2.45, 2.75) is 43.4 Å². The molecule has 0 aliphatic rings. The fourth-order valence-electron chi connectivity index (χ4n) is 1.53. The smallest absolute Gasteiger partial charge is 0.119 e. The molecule has 0 amide bonds. The molecule has 1 aromatic carbocycles. The third kappa shape index (κ3) is 5.00. The molecule has 2 atom stereocenters. The molecular formula is C14H23NOS. The first-order valence-electron chi connectivity index (χ1n) is 6.21. The first-order valence-corrected chi connectivity index (χ1v) is 7.09. The number of thioether (sulfide) groups is 1. The lowest BCUT2D eigenvalue weighted by Gasteiger charge is -2.20. The van der Waals surface area contributed by atoms with Crippen LogP contribution in [0, 0.1) is 0 Å². The average molecular weight is 253 g/mol. The summed E-state index contributed by atoms with van der Waals surface area (Å²) in [6.07, 6.45) is 1.18. The van der Waals surface area contributed by atoms with E-state index in [0.29, 0.717) is 11.3 Å². The Kier molecular flexibility index (Phi) is 6.45. The van der Waals surface area contributed by atoms with Gasteiger partial charge in [0.15, 0.2) is 0 Å². The number of rotatable bonds is 7. The van der Waals surface area contributed by atoms with Crippen molar-refractivity contribution < 1.29 is 4.74 Å². The summed E-state index contributed by atoms with van der Waals surface area (Å²) >= 11 is 1.89. The van der Waals surface area contributed by atoms with Crippen molar-refractivity contribution in [1.82, 2.24) is 5.32 Å². The Morgan fingerprint density at radius 2 is 2.12 bits per heavy atom. The highest BCUT2D eigenvalue weighted by atomic mass is 32.2. The van der Waals surface area contributed by atoms with Crippen LogP contribution in [0.3, 0.4) is 0 Å². The molecule has 96 valence electrons. The molecule has 0 radical (unpaired) electrons. The van der Waals surface area contributed by atoms with Gasteiger partial charge in [-0.15, -0.1) is 11.8 Å². The van der Waals surface area contributed by atoms with Gasteiger partial charge in [0.2, 0.25) is 0 Å². The van der Waals surface area contributed by atoms with Crippen molar-refractivity contribution in [1.29, 1.82) is 0 Å². The molecule has 0 aliphatic carbocycles. The number of hydrogen-bond donors (Lipinski definition) is 1. The van der Waals surface area contributed by atoms with Gasteiger partial charge in [-0.2, -0.15) is 0 Å². The van der Waals surface area contributed by atoms with Crippen molar-refractivity contribution in [3.63, 3.8) is 0 Å². The predicted octanol–water partition coefficient (Wildman–Crippen LogP) is 3.56. The minimum Gasteiger partial charge on any atom is -0.497 e. The number of nitrogens with one attached hydrogen (secondary N) is 1. The molecule has 0 aromatic heterocycles. The molecule has 0 heterocycles. The third-order valence-corrected chi connectivity index (χ3v) is 4.09. The SMILES string of the molecule is CCCNC(C)C(C)Sc1cccc(OC)c1. The Morgan fingerprint density at radius 1 is 1.35 bits per heavy atom. The van der Waals surface area contributed by atoms with Gasteiger partial charge in [0.05, 0.1) is 7.11 Å². The van der Waals surface area contributed by atoms with Crippen LogP contribution < -0.4 is 10.1 Å². The molecule has 0 aliphatic heterocycles. The molecule has 0 fully saturated rings. The first-order chi connectivity index (χ1) is 8.17. The lowest BCUT2D eigenvalue weighted by atomic mass is 10.2. The van der Waals surface area contributed by atoms with E-state index < -0.39 is 0 Å². The maximum atomic E-state index is 5.23. The number of ether oxygens (including phenoxy) is 1. The molecule has 17 heavy (non-hydrogen) atoms. The van der Waals surface area contributed by atoms with E-state index in [1.807, 2.05) is 23.9 Å². The molecule has 0 saturated carbocycles. The molecule has 1 N–H and O–H groups in total. The minimum absolute atomic E-state index is 0.520. The predicted molar refractivity (Wildman–Crippen MR) is 76.1 cm³/mol. The highest BCUT2D eigenvalue weighted by Gasteiger charge is 2.12. The van der Waals surface area contributed by atoms with Crippen LogP contribution >= 0.6 is 11.8 Å². The molecule has 0 saturated heterocycles. The molecule has 0 spiro atoms. The average Bonchev–Trinajstić information content (AvgIpc) is 2.36. The van der Waals surface area contributed by atoms with E-state index in [1.54, 1.807) is 7.11 Å². The molecular weight excluding hydrogens is 230 g/mol. The maximum Gasteiger partial charge on any atom is 0.119 e. The van der Waals surface area contributed by atoms with E-state index in [9.17, 15) is 0 Å². The van der Waals surface area contributed by atoms with Gasteiger partial charge in [-0.05, 0) is 38.1 Å². The second-order valence-electron chi connectivity index (χ2n) is 4.24. The lowest BCUT2D eigenvalue weighted by molar-refractivity contribution is 0.413. The van der Waals surface area contributed by atoms with Crippen molar-refractivity contribution in [3.8, 4) is 5.75 Å². The van der Waals surface area contributed by atoms with Crippen molar-refractivity contribution in [2.75, 3.05) is 13.7 Å². The van der Waals surface area contributed by atoms with E-state index >= 15 is 0 Å². The van der Waals surface area contributed by atoms with Gasteiger partial charge < -0.3 is 10.1 Å². The van der Waals surface area contributed by atoms with Crippen molar-refractivity contribution in [3.05, 3.63) is 24.3 Å². The molecule has 1 rings (SSSR count).